The van der Waals surface area contributed by atoms with Gasteiger partial charge in [0, 0.05) is 44.3 Å². The van der Waals surface area contributed by atoms with Gasteiger partial charge in [-0.2, -0.15) is 0 Å². The fourth-order valence-electron chi connectivity index (χ4n) is 4.38. The van der Waals surface area contributed by atoms with Gasteiger partial charge in [0.25, 0.3) is 0 Å². The van der Waals surface area contributed by atoms with Crippen LogP contribution in [0.1, 0.15) is 31.2 Å². The third-order valence-electron chi connectivity index (χ3n) is 6.13. The highest BCUT2D eigenvalue weighted by molar-refractivity contribution is 5.51. The fraction of sp³-hybridized carbons (Fsp3) is 0.524. The van der Waals surface area contributed by atoms with E-state index in [2.05, 4.69) is 38.4 Å². The zero-order valence-corrected chi connectivity index (χ0v) is 16.0. The lowest BCUT2D eigenvalue weighted by Gasteiger charge is -2.38. The molecule has 28 heavy (non-hydrogen) atoms. The van der Waals surface area contributed by atoms with Crippen molar-refractivity contribution in [3.05, 3.63) is 36.2 Å². The maximum Gasteiger partial charge on any atom is 0.231 e. The molecule has 2 saturated heterocycles. The minimum absolute atomic E-state index is 0.0159. The number of hydrogen-bond donors (Lipinski definition) is 1. The van der Waals surface area contributed by atoms with Gasteiger partial charge in [0.05, 0.1) is 0 Å². The molecule has 5 rings (SSSR count). The summed E-state index contributed by atoms with van der Waals surface area (Å²) in [4.78, 5) is 11.2. The number of benzene rings is 1. The van der Waals surface area contributed by atoms with E-state index in [1.807, 2.05) is 6.07 Å². The first-order chi connectivity index (χ1) is 13.8. The van der Waals surface area contributed by atoms with E-state index in [1.165, 1.54) is 18.4 Å². The van der Waals surface area contributed by atoms with Gasteiger partial charge in [0.1, 0.15) is 18.0 Å². The van der Waals surface area contributed by atoms with Crippen molar-refractivity contribution in [3.8, 4) is 11.5 Å². The zero-order valence-electron chi connectivity index (χ0n) is 16.0. The van der Waals surface area contributed by atoms with E-state index in [0.717, 1.165) is 68.8 Å². The van der Waals surface area contributed by atoms with Crippen LogP contribution in [-0.2, 0) is 10.2 Å². The number of rotatable bonds is 5. The number of nitrogens with zero attached hydrogens (tertiary/aromatic N) is 3. The van der Waals surface area contributed by atoms with E-state index in [0.29, 0.717) is 6.79 Å². The van der Waals surface area contributed by atoms with Gasteiger partial charge in [0.2, 0.25) is 6.79 Å². The molecular weight excluding hydrogens is 356 g/mol. The topological polar surface area (TPSA) is 68.7 Å². The summed E-state index contributed by atoms with van der Waals surface area (Å²) in [5.74, 6) is 3.55. The third-order valence-corrected chi connectivity index (χ3v) is 6.13. The minimum atomic E-state index is -0.0159. The van der Waals surface area contributed by atoms with Gasteiger partial charge in [-0.1, -0.05) is 6.07 Å². The SMILES string of the molecule is c1nc(NCC2(c3ccc4c(c3)OCO4)CCOCC2)cc(N2CCCC2)n1. The summed E-state index contributed by atoms with van der Waals surface area (Å²) >= 11 is 0. The van der Waals surface area contributed by atoms with Crippen LogP contribution in [0.5, 0.6) is 11.5 Å². The molecule has 2 fully saturated rings. The minimum Gasteiger partial charge on any atom is -0.454 e. The van der Waals surface area contributed by atoms with Gasteiger partial charge < -0.3 is 24.4 Å². The third kappa shape index (κ3) is 3.35. The second kappa shape index (κ2) is 7.47. The molecule has 1 N–H and O–H groups in total. The standard InChI is InChI=1S/C21H26N4O3/c1-2-8-25(7-1)20-12-19(23-14-24-20)22-13-21(5-9-26-10-6-21)16-3-4-17-18(11-16)28-15-27-17/h3-4,11-12,14H,1-2,5-10,13,15H2,(H,22,23,24). The Morgan fingerprint density at radius 3 is 2.68 bits per heavy atom. The summed E-state index contributed by atoms with van der Waals surface area (Å²) in [5.41, 5.74) is 1.25. The number of nitrogens with one attached hydrogen (secondary N) is 1. The lowest BCUT2D eigenvalue weighted by Crippen LogP contribution is -2.40. The zero-order chi connectivity index (χ0) is 18.8. The number of hydrogen-bond acceptors (Lipinski definition) is 7. The van der Waals surface area contributed by atoms with Gasteiger partial charge in [-0.3, -0.25) is 0 Å². The first-order valence-electron chi connectivity index (χ1n) is 10.1. The highest BCUT2D eigenvalue weighted by Crippen LogP contribution is 2.41. The highest BCUT2D eigenvalue weighted by Gasteiger charge is 2.35. The molecule has 3 aliphatic rings. The molecule has 2 aromatic rings. The molecule has 0 spiro atoms. The van der Waals surface area contributed by atoms with Crippen molar-refractivity contribution >= 4 is 11.6 Å². The van der Waals surface area contributed by atoms with Gasteiger partial charge in [0.15, 0.2) is 11.5 Å². The molecule has 3 aliphatic heterocycles. The lowest BCUT2D eigenvalue weighted by molar-refractivity contribution is 0.0543. The van der Waals surface area contributed by atoms with Gasteiger partial charge in [-0.05, 0) is 43.4 Å². The van der Waals surface area contributed by atoms with Crippen LogP contribution >= 0.6 is 0 Å². The Hall–Kier alpha value is -2.54. The molecule has 7 heteroatoms. The monoisotopic (exact) mass is 382 g/mol. The number of fused-ring (bicyclic) bond motifs is 1. The molecule has 7 nitrogen and oxygen atoms in total. The van der Waals surface area contributed by atoms with Crippen LogP contribution < -0.4 is 19.7 Å². The largest absolute Gasteiger partial charge is 0.454 e. The normalized spacial score (nSPS) is 20.4. The van der Waals surface area contributed by atoms with Crippen molar-refractivity contribution < 1.29 is 14.2 Å². The van der Waals surface area contributed by atoms with Crippen LogP contribution in [0.25, 0.3) is 0 Å². The first-order valence-corrected chi connectivity index (χ1v) is 10.1. The number of aromatic nitrogens is 2. The summed E-state index contributed by atoms with van der Waals surface area (Å²) in [6, 6.07) is 8.38. The molecule has 0 radical (unpaired) electrons. The van der Waals surface area contributed by atoms with Crippen molar-refractivity contribution in [1.82, 2.24) is 9.97 Å². The predicted molar refractivity (Wildman–Crippen MR) is 106 cm³/mol. The maximum atomic E-state index is 5.66. The van der Waals surface area contributed by atoms with Crippen molar-refractivity contribution in [3.63, 3.8) is 0 Å². The Balaban J connectivity index is 1.37. The van der Waals surface area contributed by atoms with Crippen LogP contribution in [0.15, 0.2) is 30.6 Å². The predicted octanol–water partition coefficient (Wildman–Crippen LogP) is 2.97. The first kappa shape index (κ1) is 17.6. The second-order valence-corrected chi connectivity index (χ2v) is 7.77. The number of ether oxygens (including phenoxy) is 3. The van der Waals surface area contributed by atoms with Gasteiger partial charge in [-0.15, -0.1) is 0 Å². The highest BCUT2D eigenvalue weighted by atomic mass is 16.7. The fourth-order valence-corrected chi connectivity index (χ4v) is 4.38. The molecule has 0 saturated carbocycles. The van der Waals surface area contributed by atoms with Crippen molar-refractivity contribution in [2.75, 3.05) is 49.9 Å². The molecule has 1 aromatic heterocycles. The maximum absolute atomic E-state index is 5.66. The average Bonchev–Trinajstić information content (AvgIpc) is 3.44. The summed E-state index contributed by atoms with van der Waals surface area (Å²) in [5, 5.41) is 3.58. The van der Waals surface area contributed by atoms with E-state index in [9.17, 15) is 0 Å². The van der Waals surface area contributed by atoms with Crippen molar-refractivity contribution in [2.45, 2.75) is 31.1 Å². The van der Waals surface area contributed by atoms with E-state index in [-0.39, 0.29) is 5.41 Å². The summed E-state index contributed by atoms with van der Waals surface area (Å²) in [6.07, 6.45) is 6.06. The molecule has 0 bridgehead atoms. The summed E-state index contributed by atoms with van der Waals surface area (Å²) < 4.78 is 16.8. The lowest BCUT2D eigenvalue weighted by atomic mass is 9.74. The van der Waals surface area contributed by atoms with Gasteiger partial charge in [-0.25, -0.2) is 9.97 Å². The van der Waals surface area contributed by atoms with E-state index >= 15 is 0 Å². The van der Waals surface area contributed by atoms with Crippen LogP contribution in [0.2, 0.25) is 0 Å². The molecule has 0 unspecified atom stereocenters. The Kier molecular flexibility index (Phi) is 4.68. The van der Waals surface area contributed by atoms with Crippen LogP contribution in [0.3, 0.4) is 0 Å². The Labute approximate surface area is 165 Å². The molecule has 0 atom stereocenters. The van der Waals surface area contributed by atoms with E-state index in [1.54, 1.807) is 6.33 Å². The van der Waals surface area contributed by atoms with Crippen LogP contribution in [0.4, 0.5) is 11.6 Å². The van der Waals surface area contributed by atoms with E-state index < -0.39 is 0 Å². The summed E-state index contributed by atoms with van der Waals surface area (Å²) in [6.45, 7) is 4.78. The molecular formula is C21H26N4O3. The van der Waals surface area contributed by atoms with Crippen molar-refractivity contribution in [1.29, 1.82) is 0 Å². The molecule has 4 heterocycles. The quantitative estimate of drug-likeness (QED) is 0.853. The number of anilines is 2. The molecule has 148 valence electrons. The Morgan fingerprint density at radius 2 is 1.82 bits per heavy atom. The van der Waals surface area contributed by atoms with Gasteiger partial charge >= 0.3 is 0 Å². The van der Waals surface area contributed by atoms with Crippen molar-refractivity contribution in [2.24, 2.45) is 0 Å². The molecule has 0 amide bonds. The Bertz CT molecular complexity index is 832. The van der Waals surface area contributed by atoms with Crippen LogP contribution in [0, 0.1) is 0 Å². The molecule has 1 aromatic carbocycles. The molecule has 0 aliphatic carbocycles. The second-order valence-electron chi connectivity index (χ2n) is 7.77. The Morgan fingerprint density at radius 1 is 1.00 bits per heavy atom. The average molecular weight is 382 g/mol. The van der Waals surface area contributed by atoms with E-state index in [4.69, 9.17) is 14.2 Å². The smallest absolute Gasteiger partial charge is 0.231 e. The summed E-state index contributed by atoms with van der Waals surface area (Å²) in [7, 11) is 0. The van der Waals surface area contributed by atoms with Crippen LogP contribution in [-0.4, -0.2) is 49.6 Å².